The average Bonchev–Trinajstić information content (AvgIpc) is 2.52. The molecule has 0 bridgehead atoms. The Balaban J connectivity index is 2.93. The van der Waals surface area contributed by atoms with E-state index >= 15 is 0 Å². The van der Waals surface area contributed by atoms with Gasteiger partial charge >= 0.3 is 0 Å². The molecule has 6 heteroatoms. The number of imidazole rings is 1. The third-order valence-corrected chi connectivity index (χ3v) is 1.43. The predicted octanol–water partition coefficient (Wildman–Crippen LogP) is -0.541. The minimum absolute atomic E-state index is 0.0143. The second-order valence-corrected chi connectivity index (χ2v) is 2.17. The number of nitrogens with zero attached hydrogens (tertiary/aromatic N) is 2. The van der Waals surface area contributed by atoms with Gasteiger partial charge in [-0.15, -0.1) is 0 Å². The molecule has 0 aromatic carbocycles. The van der Waals surface area contributed by atoms with Crippen molar-refractivity contribution in [2.45, 2.75) is 0 Å². The fourth-order valence-corrected chi connectivity index (χ4v) is 0.916. The molecule has 2 rings (SSSR count). The van der Waals surface area contributed by atoms with E-state index in [2.05, 4.69) is 19.9 Å². The van der Waals surface area contributed by atoms with Gasteiger partial charge in [0.2, 0.25) is 0 Å². The molecule has 0 spiro atoms. The predicted molar refractivity (Wildman–Crippen MR) is 39.9 cm³/mol. The van der Waals surface area contributed by atoms with Gasteiger partial charge in [0.15, 0.2) is 23.3 Å². The number of fused-ring (bicyclic) bond motifs is 1. The molecule has 0 aliphatic heterocycles. The Morgan fingerprint density at radius 1 is 1.50 bits per heavy atom. The van der Waals surface area contributed by atoms with Crippen molar-refractivity contribution in [3.63, 3.8) is 0 Å². The lowest BCUT2D eigenvalue weighted by Gasteiger charge is -1.88. The third kappa shape index (κ3) is 0.815. The number of aromatic nitrogens is 4. The van der Waals surface area contributed by atoms with Crippen LogP contribution in [0, 0.1) is 0 Å². The summed E-state index contributed by atoms with van der Waals surface area (Å²) in [5, 5.41) is 0. The van der Waals surface area contributed by atoms with Crippen LogP contribution in [0.4, 0.5) is 0 Å². The zero-order chi connectivity index (χ0) is 8.55. The number of aromatic amines is 2. The SMILES string of the molecule is O=Cc1nc2nc[nH]c2c(=O)[nH]1. The molecule has 0 saturated carbocycles. The normalized spacial score (nSPS) is 10.3. The molecule has 0 aliphatic carbocycles. The van der Waals surface area contributed by atoms with Crippen molar-refractivity contribution < 1.29 is 4.79 Å². The maximum Gasteiger partial charge on any atom is 0.277 e. The summed E-state index contributed by atoms with van der Waals surface area (Å²) in [6, 6.07) is 0. The smallest absolute Gasteiger partial charge is 0.277 e. The van der Waals surface area contributed by atoms with Crippen molar-refractivity contribution in [2.24, 2.45) is 0 Å². The highest BCUT2D eigenvalue weighted by molar-refractivity contribution is 5.75. The van der Waals surface area contributed by atoms with Gasteiger partial charge in [-0.25, -0.2) is 9.97 Å². The molecule has 2 N–H and O–H groups in total. The van der Waals surface area contributed by atoms with Crippen LogP contribution in [0.3, 0.4) is 0 Å². The van der Waals surface area contributed by atoms with Crippen LogP contribution in [0.15, 0.2) is 11.1 Å². The maximum atomic E-state index is 11.1. The van der Waals surface area contributed by atoms with Crippen molar-refractivity contribution in [1.82, 2.24) is 19.9 Å². The van der Waals surface area contributed by atoms with E-state index in [1.807, 2.05) is 0 Å². The van der Waals surface area contributed by atoms with Gasteiger partial charge < -0.3 is 9.97 Å². The van der Waals surface area contributed by atoms with Crippen LogP contribution in [0.5, 0.6) is 0 Å². The first-order valence-corrected chi connectivity index (χ1v) is 3.20. The zero-order valence-electron chi connectivity index (χ0n) is 5.87. The van der Waals surface area contributed by atoms with Crippen LogP contribution in [0.2, 0.25) is 0 Å². The van der Waals surface area contributed by atoms with Gasteiger partial charge in [0.25, 0.3) is 5.56 Å². The molecule has 0 atom stereocenters. The summed E-state index contributed by atoms with van der Waals surface area (Å²) in [7, 11) is 0. The molecule has 6 nitrogen and oxygen atoms in total. The van der Waals surface area contributed by atoms with E-state index < -0.39 is 0 Å². The Morgan fingerprint density at radius 2 is 2.33 bits per heavy atom. The summed E-state index contributed by atoms with van der Waals surface area (Å²) in [5.74, 6) is -0.0143. The number of nitrogens with one attached hydrogen (secondary N) is 2. The number of rotatable bonds is 1. The number of carbonyl (C=O) groups excluding carboxylic acids is 1. The second kappa shape index (κ2) is 2.26. The molecule has 0 fully saturated rings. The number of hydrogen-bond acceptors (Lipinski definition) is 4. The molecular formula is C6H4N4O2. The average molecular weight is 164 g/mol. The van der Waals surface area contributed by atoms with Crippen molar-refractivity contribution in [1.29, 1.82) is 0 Å². The number of hydrogen-bond donors (Lipinski definition) is 2. The van der Waals surface area contributed by atoms with E-state index in [1.54, 1.807) is 0 Å². The molecule has 0 amide bonds. The Labute approximate surface area is 65.7 Å². The van der Waals surface area contributed by atoms with Gasteiger partial charge in [-0.2, -0.15) is 0 Å². The van der Waals surface area contributed by atoms with E-state index in [-0.39, 0.29) is 22.5 Å². The molecule has 0 unspecified atom stereocenters. The highest BCUT2D eigenvalue weighted by Crippen LogP contribution is 1.96. The molecule has 12 heavy (non-hydrogen) atoms. The van der Waals surface area contributed by atoms with Crippen molar-refractivity contribution in [3.05, 3.63) is 22.5 Å². The molecule has 2 aromatic rings. The highest BCUT2D eigenvalue weighted by Gasteiger charge is 2.03. The van der Waals surface area contributed by atoms with E-state index in [0.29, 0.717) is 6.29 Å². The minimum Gasteiger partial charge on any atom is -0.339 e. The number of carbonyl (C=O) groups is 1. The van der Waals surface area contributed by atoms with Gasteiger partial charge in [0.1, 0.15) is 0 Å². The molecule has 0 radical (unpaired) electrons. The zero-order valence-corrected chi connectivity index (χ0v) is 5.87. The summed E-state index contributed by atoms with van der Waals surface area (Å²) < 4.78 is 0. The molecule has 60 valence electrons. The molecule has 0 saturated heterocycles. The summed E-state index contributed by atoms with van der Waals surface area (Å²) >= 11 is 0. The monoisotopic (exact) mass is 164 g/mol. The lowest BCUT2D eigenvalue weighted by atomic mass is 10.5. The largest absolute Gasteiger partial charge is 0.339 e. The van der Waals surface area contributed by atoms with Gasteiger partial charge in [-0.05, 0) is 0 Å². The maximum absolute atomic E-state index is 11.1. The quantitative estimate of drug-likeness (QED) is 0.553. The van der Waals surface area contributed by atoms with Crippen LogP contribution in [-0.4, -0.2) is 26.2 Å². The lowest BCUT2D eigenvalue weighted by Crippen LogP contribution is -2.11. The van der Waals surface area contributed by atoms with E-state index in [1.165, 1.54) is 6.33 Å². The molecule has 2 heterocycles. The minimum atomic E-state index is -0.389. The van der Waals surface area contributed by atoms with E-state index in [0.717, 1.165) is 0 Å². The first-order valence-electron chi connectivity index (χ1n) is 3.20. The summed E-state index contributed by atoms with van der Waals surface area (Å²) in [6.45, 7) is 0. The van der Waals surface area contributed by atoms with Crippen LogP contribution in [-0.2, 0) is 0 Å². The van der Waals surface area contributed by atoms with Gasteiger partial charge in [-0.3, -0.25) is 9.59 Å². The van der Waals surface area contributed by atoms with Gasteiger partial charge in [0, 0.05) is 0 Å². The highest BCUT2D eigenvalue weighted by atomic mass is 16.1. The topological polar surface area (TPSA) is 91.5 Å². The summed E-state index contributed by atoms with van der Waals surface area (Å²) in [5.41, 5.74) is 0.140. The summed E-state index contributed by atoms with van der Waals surface area (Å²) in [4.78, 5) is 33.7. The standard InChI is InChI=1S/C6H4N4O2/c11-1-3-9-5-4(6(12)10-3)7-2-8-5/h1-2H,(H2,7,8,9,10,12). The van der Waals surface area contributed by atoms with Crippen LogP contribution >= 0.6 is 0 Å². The fourth-order valence-electron chi connectivity index (χ4n) is 0.916. The van der Waals surface area contributed by atoms with E-state index in [4.69, 9.17) is 0 Å². The van der Waals surface area contributed by atoms with Gasteiger partial charge in [0.05, 0.1) is 6.33 Å². The summed E-state index contributed by atoms with van der Waals surface area (Å²) in [6.07, 6.45) is 1.82. The van der Waals surface area contributed by atoms with Crippen LogP contribution < -0.4 is 5.56 Å². The van der Waals surface area contributed by atoms with Crippen LogP contribution in [0.25, 0.3) is 11.2 Å². The molecular weight excluding hydrogens is 160 g/mol. The number of aldehydes is 1. The second-order valence-electron chi connectivity index (χ2n) is 2.17. The Kier molecular flexibility index (Phi) is 1.26. The third-order valence-electron chi connectivity index (χ3n) is 1.43. The first kappa shape index (κ1) is 6.71. The lowest BCUT2D eigenvalue weighted by molar-refractivity contribution is 0.111. The van der Waals surface area contributed by atoms with Gasteiger partial charge in [-0.1, -0.05) is 0 Å². The van der Waals surface area contributed by atoms with Crippen molar-refractivity contribution in [3.8, 4) is 0 Å². The van der Waals surface area contributed by atoms with E-state index in [9.17, 15) is 9.59 Å². The Bertz CT molecular complexity index is 483. The van der Waals surface area contributed by atoms with Crippen molar-refractivity contribution >= 4 is 17.5 Å². The van der Waals surface area contributed by atoms with Crippen LogP contribution in [0.1, 0.15) is 10.6 Å². The van der Waals surface area contributed by atoms with Crippen molar-refractivity contribution in [2.75, 3.05) is 0 Å². The Hall–Kier alpha value is -1.98. The molecule has 0 aliphatic rings. The fraction of sp³-hybridized carbons (Fsp3) is 0. The molecule has 2 aromatic heterocycles. The number of H-pyrrole nitrogens is 2. The first-order chi connectivity index (χ1) is 5.81. The Morgan fingerprint density at radius 3 is 3.08 bits per heavy atom.